The molecule has 232 valence electrons. The number of aryl methyl sites for hydroxylation is 1. The fourth-order valence-electron chi connectivity index (χ4n) is 4.98. The van der Waals surface area contributed by atoms with Gasteiger partial charge in [0.2, 0.25) is 0 Å². The lowest BCUT2D eigenvalue weighted by molar-refractivity contribution is -0.147. The molecule has 3 aromatic carbocycles. The number of hydrogen-bond acceptors (Lipinski definition) is 6. The van der Waals surface area contributed by atoms with Gasteiger partial charge in [0.1, 0.15) is 36.9 Å². The Morgan fingerprint density at radius 3 is 1.56 bits per heavy atom. The first-order valence-corrected chi connectivity index (χ1v) is 15.6. The van der Waals surface area contributed by atoms with Crippen LogP contribution in [-0.2, 0) is 19.1 Å². The molecule has 0 radical (unpaired) electrons. The first kappa shape index (κ1) is 33.7. The van der Waals surface area contributed by atoms with E-state index < -0.39 is 24.1 Å². The Morgan fingerprint density at radius 1 is 0.674 bits per heavy atom. The van der Waals surface area contributed by atoms with Gasteiger partial charge in [-0.05, 0) is 52.5 Å². The highest BCUT2D eigenvalue weighted by Gasteiger charge is 2.22. The Bertz CT molecular complexity index is 1420. The summed E-state index contributed by atoms with van der Waals surface area (Å²) in [6.45, 7) is 17.6. The zero-order chi connectivity index (χ0) is 31.4. The molecule has 2 atom stereocenters. The van der Waals surface area contributed by atoms with Gasteiger partial charge >= 0.3 is 11.9 Å². The van der Waals surface area contributed by atoms with Crippen molar-refractivity contribution >= 4 is 33.5 Å². The number of esters is 2. The summed E-state index contributed by atoms with van der Waals surface area (Å²) in [7, 11) is 0. The molecule has 0 N–H and O–H groups in total. The number of carbonyl (C=O) groups is 2. The number of hydrogen-bond donors (Lipinski definition) is 0. The van der Waals surface area contributed by atoms with E-state index in [2.05, 4.69) is 39.1 Å². The predicted octanol–water partition coefficient (Wildman–Crippen LogP) is 9.20. The van der Waals surface area contributed by atoms with Crippen LogP contribution in [0.5, 0.6) is 11.5 Å². The number of ether oxygens (including phenoxy) is 4. The molecule has 0 saturated carbocycles. The first-order valence-electron chi connectivity index (χ1n) is 15.6. The summed E-state index contributed by atoms with van der Waals surface area (Å²) < 4.78 is 24.6. The van der Waals surface area contributed by atoms with Crippen LogP contribution in [0, 0.1) is 6.92 Å². The van der Waals surface area contributed by atoms with Gasteiger partial charge in [0.05, 0.1) is 0 Å². The van der Waals surface area contributed by atoms with Crippen LogP contribution in [0.1, 0.15) is 84.6 Å². The molecule has 0 heterocycles. The summed E-state index contributed by atoms with van der Waals surface area (Å²) in [5.41, 5.74) is 1.82. The van der Waals surface area contributed by atoms with Gasteiger partial charge in [0, 0.05) is 32.7 Å². The minimum Gasteiger partial charge on any atom is -0.488 e. The summed E-state index contributed by atoms with van der Waals surface area (Å²) in [4.78, 5) is 24.8. The second kappa shape index (κ2) is 16.7. The van der Waals surface area contributed by atoms with Gasteiger partial charge in [-0.2, -0.15) is 0 Å². The fraction of sp³-hybridized carbons (Fsp3) is 0.459. The van der Waals surface area contributed by atoms with Crippen molar-refractivity contribution in [2.45, 2.75) is 98.2 Å². The Balaban J connectivity index is 1.99. The van der Waals surface area contributed by atoms with Gasteiger partial charge in [0.15, 0.2) is 0 Å². The van der Waals surface area contributed by atoms with Crippen molar-refractivity contribution < 1.29 is 28.5 Å². The maximum Gasteiger partial charge on any atom is 0.333 e. The van der Waals surface area contributed by atoms with E-state index in [1.54, 1.807) is 13.8 Å². The molecule has 3 rings (SSSR count). The Kier molecular flexibility index (Phi) is 13.1. The SMILES string of the molecule is C=C(C)C(=O)OC(CCCCC)COc1c2ccccc2c(OCC(CCCCC)OC(=O)C(=C)C)c2cc(C)ccc12. The summed E-state index contributed by atoms with van der Waals surface area (Å²) >= 11 is 0. The fourth-order valence-corrected chi connectivity index (χ4v) is 4.98. The van der Waals surface area contributed by atoms with Gasteiger partial charge in [-0.25, -0.2) is 9.59 Å². The molecule has 6 heteroatoms. The molecular formula is C37H48O6. The van der Waals surface area contributed by atoms with Crippen LogP contribution in [0.25, 0.3) is 21.5 Å². The molecule has 6 nitrogen and oxygen atoms in total. The van der Waals surface area contributed by atoms with Crippen molar-refractivity contribution in [3.05, 3.63) is 72.3 Å². The van der Waals surface area contributed by atoms with E-state index >= 15 is 0 Å². The Hall–Kier alpha value is -3.80. The maximum atomic E-state index is 12.4. The average Bonchev–Trinajstić information content (AvgIpc) is 2.98. The van der Waals surface area contributed by atoms with E-state index in [4.69, 9.17) is 18.9 Å². The van der Waals surface area contributed by atoms with Crippen LogP contribution in [0.15, 0.2) is 66.8 Å². The lowest BCUT2D eigenvalue weighted by Gasteiger charge is -2.23. The van der Waals surface area contributed by atoms with E-state index in [-0.39, 0.29) is 13.2 Å². The van der Waals surface area contributed by atoms with Crippen LogP contribution >= 0.6 is 0 Å². The van der Waals surface area contributed by atoms with Crippen LogP contribution in [0.2, 0.25) is 0 Å². The van der Waals surface area contributed by atoms with Gasteiger partial charge in [-0.1, -0.05) is 94.7 Å². The van der Waals surface area contributed by atoms with Crippen molar-refractivity contribution in [2.75, 3.05) is 13.2 Å². The summed E-state index contributed by atoms with van der Waals surface area (Å²) in [5, 5.41) is 3.61. The molecule has 43 heavy (non-hydrogen) atoms. The standard InChI is InChI=1S/C37H48O6/c1-8-10-12-16-28(42-36(38)25(3)4)23-40-34-30-18-14-15-19-31(30)35(33-22-27(7)20-21-32(33)34)41-24-29(17-13-11-9-2)43-37(39)26(5)6/h14-15,18-22,28-29H,3,5,8-13,16-17,23-24H2,1-2,4,6-7H3. The number of rotatable bonds is 18. The maximum absolute atomic E-state index is 12.4. The quantitative estimate of drug-likeness (QED) is 0.0638. The summed E-state index contributed by atoms with van der Waals surface area (Å²) in [5.74, 6) is 0.639. The van der Waals surface area contributed by atoms with E-state index in [0.29, 0.717) is 24.0 Å². The van der Waals surface area contributed by atoms with Crippen LogP contribution in [-0.4, -0.2) is 37.4 Å². The molecule has 0 aromatic heterocycles. The highest BCUT2D eigenvalue weighted by molar-refractivity contribution is 6.11. The molecule has 0 spiro atoms. The van der Waals surface area contributed by atoms with Crippen molar-refractivity contribution in [2.24, 2.45) is 0 Å². The molecule has 0 bridgehead atoms. The molecule has 0 aliphatic carbocycles. The van der Waals surface area contributed by atoms with E-state index in [1.165, 1.54) is 0 Å². The Labute approximate surface area is 257 Å². The van der Waals surface area contributed by atoms with E-state index in [9.17, 15) is 9.59 Å². The van der Waals surface area contributed by atoms with Crippen molar-refractivity contribution in [1.82, 2.24) is 0 Å². The van der Waals surface area contributed by atoms with Crippen LogP contribution in [0.3, 0.4) is 0 Å². The van der Waals surface area contributed by atoms with Gasteiger partial charge in [-0.15, -0.1) is 0 Å². The van der Waals surface area contributed by atoms with E-state index in [1.807, 2.05) is 37.3 Å². The molecule has 0 fully saturated rings. The zero-order valence-corrected chi connectivity index (χ0v) is 26.6. The molecule has 0 saturated heterocycles. The number of fused-ring (bicyclic) bond motifs is 2. The third kappa shape index (κ3) is 9.60. The largest absolute Gasteiger partial charge is 0.488 e. The lowest BCUT2D eigenvalue weighted by atomic mass is 9.99. The van der Waals surface area contributed by atoms with Crippen LogP contribution in [0.4, 0.5) is 0 Å². The average molecular weight is 589 g/mol. The molecular weight excluding hydrogens is 540 g/mol. The van der Waals surface area contributed by atoms with Crippen molar-refractivity contribution in [1.29, 1.82) is 0 Å². The van der Waals surface area contributed by atoms with Crippen molar-refractivity contribution in [3.63, 3.8) is 0 Å². The van der Waals surface area contributed by atoms with Gasteiger partial charge in [0.25, 0.3) is 0 Å². The van der Waals surface area contributed by atoms with E-state index in [0.717, 1.165) is 77.1 Å². The first-order chi connectivity index (χ1) is 20.7. The normalized spacial score (nSPS) is 12.5. The monoisotopic (exact) mass is 588 g/mol. The molecule has 3 aromatic rings. The number of carbonyl (C=O) groups excluding carboxylic acids is 2. The van der Waals surface area contributed by atoms with Crippen LogP contribution < -0.4 is 9.47 Å². The highest BCUT2D eigenvalue weighted by Crippen LogP contribution is 2.43. The molecule has 0 amide bonds. The number of unbranched alkanes of at least 4 members (excludes halogenated alkanes) is 4. The summed E-state index contributed by atoms with van der Waals surface area (Å²) in [6.07, 6.45) is 6.78. The Morgan fingerprint density at radius 2 is 1.12 bits per heavy atom. The minimum absolute atomic E-state index is 0.228. The van der Waals surface area contributed by atoms with Crippen molar-refractivity contribution in [3.8, 4) is 11.5 Å². The zero-order valence-electron chi connectivity index (χ0n) is 26.6. The highest BCUT2D eigenvalue weighted by atomic mass is 16.6. The topological polar surface area (TPSA) is 71.1 Å². The summed E-state index contributed by atoms with van der Waals surface area (Å²) in [6, 6.07) is 14.2. The van der Waals surface area contributed by atoms with Gasteiger partial charge < -0.3 is 18.9 Å². The third-order valence-electron chi connectivity index (χ3n) is 7.41. The predicted molar refractivity (Wildman–Crippen MR) is 175 cm³/mol. The molecule has 0 aliphatic heterocycles. The molecule has 2 unspecified atom stereocenters. The minimum atomic E-state index is -0.403. The second-order valence-corrected chi connectivity index (χ2v) is 11.5. The lowest BCUT2D eigenvalue weighted by Crippen LogP contribution is -2.26. The smallest absolute Gasteiger partial charge is 0.333 e. The third-order valence-corrected chi connectivity index (χ3v) is 7.41. The second-order valence-electron chi connectivity index (χ2n) is 11.5. The van der Waals surface area contributed by atoms with Gasteiger partial charge in [-0.3, -0.25) is 0 Å². The number of benzene rings is 3. The molecule has 0 aliphatic rings.